The molecule has 0 aromatic heterocycles. The van der Waals surface area contributed by atoms with E-state index in [2.05, 4.69) is 45.1 Å². The third-order valence-corrected chi connectivity index (χ3v) is 4.50. The maximum Gasteiger partial charge on any atom is 0.118 e. The lowest BCUT2D eigenvalue weighted by Crippen LogP contribution is -1.92. The monoisotopic (exact) mass is 320 g/mol. The van der Waals surface area contributed by atoms with E-state index in [9.17, 15) is 0 Å². The van der Waals surface area contributed by atoms with Crippen molar-refractivity contribution in [3.05, 3.63) is 53.1 Å². The number of halogens is 1. The van der Waals surface area contributed by atoms with E-state index in [1.54, 1.807) is 7.11 Å². The fourth-order valence-corrected chi connectivity index (χ4v) is 2.63. The van der Waals surface area contributed by atoms with E-state index in [-0.39, 0.29) is 5.38 Å². The fourth-order valence-electron chi connectivity index (χ4n) is 2.33. The number of hydrogen-bond acceptors (Lipinski definition) is 1. The Bertz CT molecular complexity index is 485. The summed E-state index contributed by atoms with van der Waals surface area (Å²) in [5.74, 6) is 0.878. The van der Waals surface area contributed by atoms with E-state index in [1.807, 2.05) is 12.1 Å². The average molecular weight is 321 g/mol. The van der Waals surface area contributed by atoms with Gasteiger partial charge >= 0.3 is 0 Å². The fraction of sp³-hybridized carbons (Fsp3) is 0.500. The summed E-state index contributed by atoms with van der Waals surface area (Å²) < 4.78 is 5.17. The number of rotatable bonds is 9. The van der Waals surface area contributed by atoms with Gasteiger partial charge in [-0.3, -0.25) is 0 Å². The highest BCUT2D eigenvalue weighted by molar-refractivity contribution is 6.20. The first-order valence-corrected chi connectivity index (χ1v) is 8.56. The van der Waals surface area contributed by atoms with E-state index in [4.69, 9.17) is 16.3 Å². The van der Waals surface area contributed by atoms with Crippen LogP contribution in [0.2, 0.25) is 0 Å². The summed E-state index contributed by atoms with van der Waals surface area (Å²) in [7, 11) is 1.68. The molecule has 0 radical (unpaired) electrons. The van der Waals surface area contributed by atoms with Crippen molar-refractivity contribution in [1.29, 1.82) is 0 Å². The van der Waals surface area contributed by atoms with Gasteiger partial charge in [-0.15, -0.1) is 11.6 Å². The van der Waals surface area contributed by atoms with Gasteiger partial charge in [0.25, 0.3) is 0 Å². The van der Waals surface area contributed by atoms with Gasteiger partial charge in [0.15, 0.2) is 0 Å². The third kappa shape index (κ3) is 7.17. The van der Waals surface area contributed by atoms with Crippen LogP contribution in [0.1, 0.15) is 63.8 Å². The van der Waals surface area contributed by atoms with Crippen LogP contribution in [-0.2, 0) is 0 Å². The third-order valence-electron chi connectivity index (χ3n) is 4.03. The first kappa shape index (κ1) is 18.8. The molecule has 0 N–H and O–H groups in total. The molecule has 2 heteroatoms. The van der Waals surface area contributed by atoms with E-state index in [0.29, 0.717) is 0 Å². The largest absolute Gasteiger partial charge is 0.497 e. The Kier molecular flexibility index (Phi) is 9.00. The molecule has 122 valence electrons. The molecule has 0 saturated carbocycles. The lowest BCUT2D eigenvalue weighted by atomic mass is 10.0. The van der Waals surface area contributed by atoms with E-state index in [1.165, 1.54) is 16.7 Å². The van der Waals surface area contributed by atoms with Gasteiger partial charge in [-0.05, 0) is 70.6 Å². The van der Waals surface area contributed by atoms with Gasteiger partial charge in [-0.2, -0.15) is 0 Å². The standard InChI is InChI=1S/C20H29ClO/c1-5-16(2)8-6-9-17(3)10-7-11-20(21)18-12-14-19(22-4)15-13-18/h5,9,12-15,20H,6-8,10-11H2,1-4H3/b16-5+,17-9+. The molecule has 1 aromatic rings. The summed E-state index contributed by atoms with van der Waals surface area (Å²) in [6.45, 7) is 6.52. The molecule has 0 fully saturated rings. The van der Waals surface area contributed by atoms with E-state index < -0.39 is 0 Å². The lowest BCUT2D eigenvalue weighted by Gasteiger charge is -2.10. The zero-order chi connectivity index (χ0) is 16.4. The van der Waals surface area contributed by atoms with Crippen molar-refractivity contribution < 1.29 is 4.74 Å². The second-order valence-corrected chi connectivity index (χ2v) is 6.38. The predicted octanol–water partition coefficient (Wildman–Crippen LogP) is 6.84. The van der Waals surface area contributed by atoms with Crippen LogP contribution >= 0.6 is 11.6 Å². The van der Waals surface area contributed by atoms with Crippen LogP contribution in [0.3, 0.4) is 0 Å². The molecule has 0 spiro atoms. The molecule has 0 amide bonds. The normalized spacial score (nSPS) is 14.0. The highest BCUT2D eigenvalue weighted by Gasteiger charge is 2.07. The Hall–Kier alpha value is -1.21. The average Bonchev–Trinajstić information content (AvgIpc) is 2.54. The zero-order valence-corrected chi connectivity index (χ0v) is 15.1. The molecule has 0 bridgehead atoms. The molecule has 1 unspecified atom stereocenters. The Morgan fingerprint density at radius 3 is 2.41 bits per heavy atom. The summed E-state index contributed by atoms with van der Waals surface area (Å²) in [4.78, 5) is 0. The number of benzene rings is 1. The molecule has 1 nitrogen and oxygen atoms in total. The van der Waals surface area contributed by atoms with Gasteiger partial charge in [0, 0.05) is 0 Å². The van der Waals surface area contributed by atoms with Crippen LogP contribution in [0.4, 0.5) is 0 Å². The Labute approximate surface area is 141 Å². The van der Waals surface area contributed by atoms with Crippen LogP contribution in [0.5, 0.6) is 5.75 Å². The minimum Gasteiger partial charge on any atom is -0.497 e. The second-order valence-electron chi connectivity index (χ2n) is 5.86. The molecule has 1 aromatic carbocycles. The summed E-state index contributed by atoms with van der Waals surface area (Å²) in [5, 5.41) is 0.0870. The van der Waals surface area contributed by atoms with Gasteiger partial charge in [0.1, 0.15) is 5.75 Å². The molecular weight excluding hydrogens is 292 g/mol. The first-order chi connectivity index (χ1) is 10.6. The number of allylic oxidation sites excluding steroid dienone is 4. The maximum absolute atomic E-state index is 6.48. The van der Waals surface area contributed by atoms with Crippen LogP contribution in [-0.4, -0.2) is 7.11 Å². The number of ether oxygens (including phenoxy) is 1. The summed E-state index contributed by atoms with van der Waals surface area (Å²) >= 11 is 6.48. The molecule has 0 aliphatic carbocycles. The predicted molar refractivity (Wildman–Crippen MR) is 97.9 cm³/mol. The van der Waals surface area contributed by atoms with E-state index >= 15 is 0 Å². The van der Waals surface area contributed by atoms with Crippen LogP contribution in [0, 0.1) is 0 Å². The SMILES string of the molecule is C/C=C(\C)CC/C=C(\C)CCCC(Cl)c1ccc(OC)cc1. The first-order valence-electron chi connectivity index (χ1n) is 8.12. The molecule has 0 aliphatic heterocycles. The Morgan fingerprint density at radius 1 is 1.14 bits per heavy atom. The van der Waals surface area contributed by atoms with Gasteiger partial charge in [-0.1, -0.05) is 35.4 Å². The van der Waals surface area contributed by atoms with Crippen molar-refractivity contribution in [2.24, 2.45) is 0 Å². The summed E-state index contributed by atoms with van der Waals surface area (Å²) in [5.41, 5.74) is 4.11. The smallest absolute Gasteiger partial charge is 0.118 e. The molecular formula is C20H29ClO. The van der Waals surface area contributed by atoms with Crippen molar-refractivity contribution in [2.45, 2.75) is 58.3 Å². The molecule has 0 saturated heterocycles. The lowest BCUT2D eigenvalue weighted by molar-refractivity contribution is 0.414. The van der Waals surface area contributed by atoms with Crippen molar-refractivity contribution in [1.82, 2.24) is 0 Å². The number of methoxy groups -OCH3 is 1. The topological polar surface area (TPSA) is 9.23 Å². The van der Waals surface area contributed by atoms with Gasteiger partial charge in [0.05, 0.1) is 12.5 Å². The molecule has 1 atom stereocenters. The van der Waals surface area contributed by atoms with Crippen molar-refractivity contribution in [3.8, 4) is 5.75 Å². The Morgan fingerprint density at radius 2 is 1.82 bits per heavy atom. The number of alkyl halides is 1. The highest BCUT2D eigenvalue weighted by Crippen LogP contribution is 2.28. The Balaban J connectivity index is 2.31. The van der Waals surface area contributed by atoms with Crippen LogP contribution in [0.25, 0.3) is 0 Å². The van der Waals surface area contributed by atoms with Gasteiger partial charge in [0.2, 0.25) is 0 Å². The minimum atomic E-state index is 0.0870. The van der Waals surface area contributed by atoms with Crippen molar-refractivity contribution in [2.75, 3.05) is 7.11 Å². The highest BCUT2D eigenvalue weighted by atomic mass is 35.5. The van der Waals surface area contributed by atoms with Gasteiger partial charge < -0.3 is 4.74 Å². The number of hydrogen-bond donors (Lipinski definition) is 0. The van der Waals surface area contributed by atoms with Crippen LogP contribution in [0.15, 0.2) is 47.6 Å². The zero-order valence-electron chi connectivity index (χ0n) is 14.4. The van der Waals surface area contributed by atoms with Crippen molar-refractivity contribution >= 4 is 11.6 Å². The minimum absolute atomic E-state index is 0.0870. The molecule has 22 heavy (non-hydrogen) atoms. The molecule has 0 heterocycles. The summed E-state index contributed by atoms with van der Waals surface area (Å²) in [6, 6.07) is 8.05. The van der Waals surface area contributed by atoms with Crippen LogP contribution < -0.4 is 4.74 Å². The molecule has 0 aliphatic rings. The molecule has 1 rings (SSSR count). The van der Waals surface area contributed by atoms with Gasteiger partial charge in [-0.25, -0.2) is 0 Å². The van der Waals surface area contributed by atoms with Crippen molar-refractivity contribution in [3.63, 3.8) is 0 Å². The quantitative estimate of drug-likeness (QED) is 0.357. The summed E-state index contributed by atoms with van der Waals surface area (Å²) in [6.07, 6.45) is 10.1. The van der Waals surface area contributed by atoms with E-state index in [0.717, 1.165) is 37.9 Å². The maximum atomic E-state index is 6.48. The second kappa shape index (κ2) is 10.5.